The zero-order valence-electron chi connectivity index (χ0n) is 10.4. The Kier molecular flexibility index (Phi) is 4.34. The van der Waals surface area contributed by atoms with Gasteiger partial charge >= 0.3 is 0 Å². The summed E-state index contributed by atoms with van der Waals surface area (Å²) in [6.45, 7) is 1.99. The number of hydrogen-bond acceptors (Lipinski definition) is 4. The highest BCUT2D eigenvalue weighted by Gasteiger charge is 2.15. The average Bonchev–Trinajstić information content (AvgIpc) is 2.98. The van der Waals surface area contributed by atoms with Gasteiger partial charge in [0.2, 0.25) is 5.91 Å². The van der Waals surface area contributed by atoms with E-state index in [4.69, 9.17) is 5.73 Å². The number of nitrogens with two attached hydrogens (primary N) is 1. The summed E-state index contributed by atoms with van der Waals surface area (Å²) in [6, 6.07) is 5.56. The smallest absolute Gasteiger partial charge is 0.251 e. The van der Waals surface area contributed by atoms with Gasteiger partial charge in [0.15, 0.2) is 0 Å². The second-order valence-corrected chi connectivity index (χ2v) is 6.15. The van der Waals surface area contributed by atoms with Crippen LogP contribution in [0.5, 0.6) is 0 Å². The molecule has 0 aromatic carbocycles. The molecule has 0 saturated carbocycles. The van der Waals surface area contributed by atoms with E-state index in [9.17, 15) is 9.59 Å². The lowest BCUT2D eigenvalue weighted by molar-refractivity contribution is -0.115. The first-order chi connectivity index (χ1) is 9.10. The lowest BCUT2D eigenvalue weighted by atomic mass is 10.2. The van der Waals surface area contributed by atoms with Gasteiger partial charge in [-0.1, -0.05) is 13.0 Å². The quantitative estimate of drug-likeness (QED) is 0.890. The third kappa shape index (κ3) is 3.42. The maximum Gasteiger partial charge on any atom is 0.251 e. The second kappa shape index (κ2) is 5.99. The van der Waals surface area contributed by atoms with Crippen LogP contribution in [-0.4, -0.2) is 11.8 Å². The van der Waals surface area contributed by atoms with Gasteiger partial charge in [-0.15, -0.1) is 22.7 Å². The molecule has 2 rings (SSSR count). The van der Waals surface area contributed by atoms with Crippen molar-refractivity contribution in [3.8, 4) is 0 Å². The summed E-state index contributed by atoms with van der Waals surface area (Å²) in [4.78, 5) is 25.3. The fourth-order valence-electron chi connectivity index (χ4n) is 1.63. The van der Waals surface area contributed by atoms with Crippen LogP contribution in [0.25, 0.3) is 0 Å². The Labute approximate surface area is 119 Å². The van der Waals surface area contributed by atoms with Crippen LogP contribution in [0.4, 0.5) is 5.00 Å². The number of carbonyl (C=O) groups is 2. The molecule has 0 spiro atoms. The summed E-state index contributed by atoms with van der Waals surface area (Å²) in [6.07, 6.45) is 1.13. The number of thiophene rings is 2. The Morgan fingerprint density at radius 2 is 2.16 bits per heavy atom. The summed E-state index contributed by atoms with van der Waals surface area (Å²) in [7, 11) is 0. The molecule has 0 bridgehead atoms. The molecule has 0 unspecified atom stereocenters. The molecule has 2 aromatic heterocycles. The van der Waals surface area contributed by atoms with Crippen LogP contribution in [-0.2, 0) is 17.6 Å². The van der Waals surface area contributed by atoms with E-state index >= 15 is 0 Å². The van der Waals surface area contributed by atoms with Crippen molar-refractivity contribution in [3.63, 3.8) is 0 Å². The van der Waals surface area contributed by atoms with Crippen LogP contribution in [0.2, 0.25) is 0 Å². The van der Waals surface area contributed by atoms with Crippen molar-refractivity contribution in [2.45, 2.75) is 19.8 Å². The highest BCUT2D eigenvalue weighted by atomic mass is 32.1. The normalized spacial score (nSPS) is 10.4. The minimum Gasteiger partial charge on any atom is -0.366 e. The molecular weight excluding hydrogens is 280 g/mol. The van der Waals surface area contributed by atoms with Gasteiger partial charge in [0.1, 0.15) is 5.00 Å². The maximum atomic E-state index is 11.9. The SMILES string of the molecule is CCc1cc(C(N)=O)c(NC(=O)Cc2cccs2)s1. The Hall–Kier alpha value is -1.66. The van der Waals surface area contributed by atoms with Gasteiger partial charge in [-0.3, -0.25) is 9.59 Å². The minimum absolute atomic E-state index is 0.130. The Morgan fingerprint density at radius 1 is 1.37 bits per heavy atom. The van der Waals surface area contributed by atoms with E-state index in [-0.39, 0.29) is 5.91 Å². The molecule has 19 heavy (non-hydrogen) atoms. The zero-order chi connectivity index (χ0) is 13.8. The van der Waals surface area contributed by atoms with Crippen molar-refractivity contribution in [2.24, 2.45) is 5.73 Å². The Bertz CT molecular complexity index is 588. The molecule has 6 heteroatoms. The van der Waals surface area contributed by atoms with Gasteiger partial charge < -0.3 is 11.1 Å². The number of anilines is 1. The van der Waals surface area contributed by atoms with Gasteiger partial charge in [0, 0.05) is 9.75 Å². The summed E-state index contributed by atoms with van der Waals surface area (Å²) in [5.41, 5.74) is 5.70. The van der Waals surface area contributed by atoms with Crippen LogP contribution in [0.15, 0.2) is 23.6 Å². The van der Waals surface area contributed by atoms with Crippen LogP contribution in [0.1, 0.15) is 27.0 Å². The maximum absolute atomic E-state index is 11.9. The summed E-state index contributed by atoms with van der Waals surface area (Å²) in [5.74, 6) is -0.642. The average molecular weight is 294 g/mol. The first-order valence-corrected chi connectivity index (χ1v) is 7.54. The zero-order valence-corrected chi connectivity index (χ0v) is 12.1. The van der Waals surface area contributed by atoms with E-state index in [0.717, 1.165) is 16.2 Å². The van der Waals surface area contributed by atoms with E-state index in [1.807, 2.05) is 24.4 Å². The fraction of sp³-hybridized carbons (Fsp3) is 0.231. The number of primary amides is 1. The van der Waals surface area contributed by atoms with E-state index in [1.165, 1.54) is 22.7 Å². The van der Waals surface area contributed by atoms with Crippen LogP contribution in [0, 0.1) is 0 Å². The molecule has 0 atom stereocenters. The summed E-state index contributed by atoms with van der Waals surface area (Å²) >= 11 is 2.93. The number of rotatable bonds is 5. The first-order valence-electron chi connectivity index (χ1n) is 5.85. The molecule has 0 aliphatic carbocycles. The van der Waals surface area contributed by atoms with Gasteiger partial charge in [0.05, 0.1) is 12.0 Å². The van der Waals surface area contributed by atoms with Crippen molar-refractivity contribution in [3.05, 3.63) is 38.9 Å². The van der Waals surface area contributed by atoms with Gasteiger partial charge in [-0.25, -0.2) is 0 Å². The van der Waals surface area contributed by atoms with Gasteiger partial charge in [-0.05, 0) is 23.9 Å². The molecule has 2 heterocycles. The third-order valence-corrected chi connectivity index (χ3v) is 4.64. The lowest BCUT2D eigenvalue weighted by Crippen LogP contribution is -2.17. The Morgan fingerprint density at radius 3 is 2.74 bits per heavy atom. The summed E-state index contributed by atoms with van der Waals surface area (Å²) < 4.78 is 0. The molecule has 0 radical (unpaired) electrons. The van der Waals surface area contributed by atoms with Gasteiger partial charge in [-0.2, -0.15) is 0 Å². The number of hydrogen-bond donors (Lipinski definition) is 2. The van der Waals surface area contributed by atoms with E-state index in [0.29, 0.717) is 17.0 Å². The van der Waals surface area contributed by atoms with Crippen LogP contribution >= 0.6 is 22.7 Å². The standard InChI is InChI=1S/C13H14N2O2S2/c1-2-8-6-10(12(14)17)13(19-8)15-11(16)7-9-4-3-5-18-9/h3-6H,2,7H2,1H3,(H2,14,17)(H,15,16). The third-order valence-electron chi connectivity index (χ3n) is 2.56. The Balaban J connectivity index is 2.11. The predicted molar refractivity (Wildman–Crippen MR) is 78.9 cm³/mol. The number of nitrogens with one attached hydrogen (secondary N) is 1. The van der Waals surface area contributed by atoms with Crippen molar-refractivity contribution >= 4 is 39.5 Å². The molecule has 0 aliphatic heterocycles. The lowest BCUT2D eigenvalue weighted by Gasteiger charge is -2.03. The number of amides is 2. The monoisotopic (exact) mass is 294 g/mol. The molecule has 0 aliphatic rings. The van der Waals surface area contributed by atoms with Crippen molar-refractivity contribution in [1.82, 2.24) is 0 Å². The first kappa shape index (κ1) is 13.8. The molecule has 100 valence electrons. The molecule has 0 fully saturated rings. The molecule has 4 nitrogen and oxygen atoms in total. The van der Waals surface area contributed by atoms with Crippen molar-refractivity contribution in [1.29, 1.82) is 0 Å². The highest BCUT2D eigenvalue weighted by molar-refractivity contribution is 7.16. The molecule has 3 N–H and O–H groups in total. The van der Waals surface area contributed by atoms with Crippen molar-refractivity contribution in [2.75, 3.05) is 5.32 Å². The van der Waals surface area contributed by atoms with Crippen molar-refractivity contribution < 1.29 is 9.59 Å². The molecule has 0 saturated heterocycles. The van der Waals surface area contributed by atoms with E-state index < -0.39 is 5.91 Å². The van der Waals surface area contributed by atoms with Crippen LogP contribution in [0.3, 0.4) is 0 Å². The molecular formula is C13H14N2O2S2. The van der Waals surface area contributed by atoms with Gasteiger partial charge in [0.25, 0.3) is 5.91 Å². The molecule has 2 aromatic rings. The summed E-state index contributed by atoms with van der Waals surface area (Å²) in [5, 5.41) is 5.25. The largest absolute Gasteiger partial charge is 0.366 e. The fourth-order valence-corrected chi connectivity index (χ4v) is 3.36. The molecule has 2 amide bonds. The van der Waals surface area contributed by atoms with E-state index in [2.05, 4.69) is 5.32 Å². The predicted octanol–water partition coefficient (Wildman–Crippen LogP) is 2.65. The highest BCUT2D eigenvalue weighted by Crippen LogP contribution is 2.28. The minimum atomic E-state index is -0.512. The second-order valence-electron chi connectivity index (χ2n) is 3.98. The number of carbonyl (C=O) groups excluding carboxylic acids is 2. The van der Waals surface area contributed by atoms with E-state index in [1.54, 1.807) is 6.07 Å². The topological polar surface area (TPSA) is 72.2 Å². The van der Waals surface area contributed by atoms with Crippen LogP contribution < -0.4 is 11.1 Å². The number of aryl methyl sites for hydroxylation is 1.